The molecule has 1 aromatic rings. The highest BCUT2D eigenvalue weighted by atomic mass is 35.5. The van der Waals surface area contributed by atoms with E-state index in [-0.39, 0.29) is 91.6 Å². The summed E-state index contributed by atoms with van der Waals surface area (Å²) in [7, 11) is 1.65. The summed E-state index contributed by atoms with van der Waals surface area (Å²) >= 11 is 0. The maximum absolute atomic E-state index is 13.6. The number of unbranched alkanes of at least 4 members (excludes halogenated alkanes) is 1. The first-order chi connectivity index (χ1) is 26.5. The van der Waals surface area contributed by atoms with Crippen LogP contribution in [0.5, 0.6) is 11.5 Å². The maximum Gasteiger partial charge on any atom is 0.257 e. The van der Waals surface area contributed by atoms with Gasteiger partial charge in [-0.15, -0.1) is 37.2 Å². The number of ether oxygens (including phenoxy) is 5. The van der Waals surface area contributed by atoms with Crippen LogP contribution in [0.3, 0.4) is 0 Å². The van der Waals surface area contributed by atoms with E-state index in [9.17, 15) is 19.5 Å². The summed E-state index contributed by atoms with van der Waals surface area (Å²) in [6.07, 6.45) is 1.38. The molecule has 4 atom stereocenters. The van der Waals surface area contributed by atoms with Crippen molar-refractivity contribution >= 4 is 54.9 Å². The average Bonchev–Trinajstić information content (AvgIpc) is 3.17. The van der Waals surface area contributed by atoms with Crippen LogP contribution in [0.15, 0.2) is 18.2 Å². The Morgan fingerprint density at radius 3 is 1.97 bits per heavy atom. The molecule has 1 aromatic carbocycles. The van der Waals surface area contributed by atoms with Gasteiger partial charge in [0.15, 0.2) is 6.61 Å². The third-order valence-electron chi connectivity index (χ3n) is 10.4. The quantitative estimate of drug-likeness (QED) is 0.0859. The van der Waals surface area contributed by atoms with E-state index in [1.54, 1.807) is 25.3 Å². The molecule has 2 fully saturated rings. The van der Waals surface area contributed by atoms with E-state index in [2.05, 4.69) is 39.6 Å². The van der Waals surface area contributed by atoms with Crippen molar-refractivity contribution < 1.29 is 43.2 Å². The number of carbonyl (C=O) groups is 3. The molecular weight excluding hydrogens is 815 g/mol. The lowest BCUT2D eigenvalue weighted by molar-refractivity contribution is -0.127. The van der Waals surface area contributed by atoms with E-state index >= 15 is 0 Å². The molecule has 2 heterocycles. The molecule has 3 rings (SSSR count). The number of aliphatic hydroxyl groups is 1. The van der Waals surface area contributed by atoms with Gasteiger partial charge in [0.2, 0.25) is 5.91 Å². The van der Waals surface area contributed by atoms with Crippen LogP contribution in [0, 0.1) is 23.7 Å². The molecule has 0 spiro atoms. The zero-order valence-electron chi connectivity index (χ0n) is 35.2. The number of methoxy groups -OCH3 is 1. The van der Waals surface area contributed by atoms with Gasteiger partial charge in [-0.05, 0) is 55.6 Å². The number of halogens is 3. The van der Waals surface area contributed by atoms with Gasteiger partial charge in [0, 0.05) is 90.6 Å². The molecule has 6 N–H and O–H groups in total. The van der Waals surface area contributed by atoms with Crippen LogP contribution in [0.2, 0.25) is 0 Å². The lowest BCUT2D eigenvalue weighted by atomic mass is 9.83. The predicted octanol–water partition coefficient (Wildman–Crippen LogP) is 2.78. The number of aliphatic hydroxyl groups excluding tert-OH is 1. The van der Waals surface area contributed by atoms with Crippen molar-refractivity contribution in [1.82, 2.24) is 25.8 Å². The van der Waals surface area contributed by atoms with Crippen LogP contribution in [0.25, 0.3) is 0 Å². The zero-order valence-corrected chi connectivity index (χ0v) is 37.7. The van der Waals surface area contributed by atoms with Gasteiger partial charge in [-0.3, -0.25) is 24.2 Å². The number of rotatable bonds is 26. The second kappa shape index (κ2) is 31.7. The van der Waals surface area contributed by atoms with Gasteiger partial charge in [0.1, 0.15) is 11.5 Å². The predicted molar refractivity (Wildman–Crippen MR) is 233 cm³/mol. The molecule has 338 valence electrons. The second-order valence-corrected chi connectivity index (χ2v) is 15.3. The van der Waals surface area contributed by atoms with E-state index in [1.807, 2.05) is 13.8 Å². The highest BCUT2D eigenvalue weighted by Gasteiger charge is 2.30. The number of nitrogens with one attached hydrogen (secondary N) is 3. The number of nitrogens with two attached hydrogens (primary N) is 1. The molecule has 0 bridgehead atoms. The zero-order chi connectivity index (χ0) is 40.0. The van der Waals surface area contributed by atoms with Crippen molar-refractivity contribution in [1.29, 1.82) is 0 Å². The van der Waals surface area contributed by atoms with Crippen molar-refractivity contribution in [2.75, 3.05) is 112 Å². The van der Waals surface area contributed by atoms with Crippen LogP contribution >= 0.6 is 37.2 Å². The molecule has 2 aliphatic heterocycles. The van der Waals surface area contributed by atoms with Gasteiger partial charge in [0.25, 0.3) is 11.8 Å². The Kier molecular flexibility index (Phi) is 30.5. The van der Waals surface area contributed by atoms with Gasteiger partial charge in [-0.25, -0.2) is 0 Å². The minimum atomic E-state index is -0.883. The van der Waals surface area contributed by atoms with Crippen LogP contribution < -0.4 is 31.2 Å². The molecule has 0 aliphatic carbocycles. The third-order valence-corrected chi connectivity index (χ3v) is 10.4. The summed E-state index contributed by atoms with van der Waals surface area (Å²) in [4.78, 5) is 43.7. The molecule has 2 aliphatic rings. The first kappa shape index (κ1) is 55.8. The number of hydrogen-bond acceptors (Lipinski definition) is 12. The maximum atomic E-state index is 13.6. The Morgan fingerprint density at radius 2 is 1.40 bits per heavy atom. The normalized spacial score (nSPS) is 16.8. The van der Waals surface area contributed by atoms with Gasteiger partial charge in [0.05, 0.1) is 44.7 Å². The fraction of sp³-hybridized carbons (Fsp3) is 0.775. The van der Waals surface area contributed by atoms with Gasteiger partial charge < -0.3 is 50.5 Å². The first-order valence-corrected chi connectivity index (χ1v) is 20.2. The minimum Gasteiger partial charge on any atom is -0.493 e. The van der Waals surface area contributed by atoms with Gasteiger partial charge in [-0.2, -0.15) is 0 Å². The van der Waals surface area contributed by atoms with Crippen molar-refractivity contribution in [2.45, 2.75) is 65.5 Å². The van der Waals surface area contributed by atoms with Crippen LogP contribution in [-0.2, 0) is 23.8 Å². The summed E-state index contributed by atoms with van der Waals surface area (Å²) < 4.78 is 27.8. The molecule has 2 saturated heterocycles. The van der Waals surface area contributed by atoms with Crippen molar-refractivity contribution in [3.63, 3.8) is 0 Å². The Hall–Kier alpha value is -2.18. The van der Waals surface area contributed by atoms with E-state index < -0.39 is 12.1 Å². The van der Waals surface area contributed by atoms with Gasteiger partial charge in [-0.1, -0.05) is 27.7 Å². The number of hydrogen-bond donors (Lipinski definition) is 5. The second-order valence-electron chi connectivity index (χ2n) is 15.3. The third kappa shape index (κ3) is 21.4. The fourth-order valence-corrected chi connectivity index (χ4v) is 6.64. The van der Waals surface area contributed by atoms with Crippen LogP contribution in [-0.4, -0.2) is 157 Å². The molecule has 3 amide bonds. The Morgan fingerprint density at radius 1 is 0.810 bits per heavy atom. The molecule has 0 saturated carbocycles. The van der Waals surface area contributed by atoms with E-state index in [4.69, 9.17) is 29.4 Å². The molecule has 4 unspecified atom stereocenters. The minimum absolute atomic E-state index is 0. The lowest BCUT2D eigenvalue weighted by Crippen LogP contribution is -2.45. The molecule has 0 radical (unpaired) electrons. The summed E-state index contributed by atoms with van der Waals surface area (Å²) in [6, 6.07) is 4.36. The Labute approximate surface area is 365 Å². The standard InChI is InChI=1S/C40H70N6O9.3ClH/c1-29(2)31(24-35(41)36(47)26-34(30(3)4)40(50)43-11-13-46-16-22-53-23-17-46)27-44-39(49)33-9-8-32(25-37(33)54-19-7-6-18-51-5)55-28-38(48)42-10-12-45-14-20-52-21-15-45;;;/h8-9,25,29-31,34-36,47H,6-7,10-24,26-28,41H2,1-5H3,(H,42,48)(H,43,50)(H,44,49);3*1H. The molecule has 0 aromatic heterocycles. The Balaban J connectivity index is 0.0000108. The summed E-state index contributed by atoms with van der Waals surface area (Å²) in [6.45, 7) is 18.1. The number of amides is 3. The highest BCUT2D eigenvalue weighted by molar-refractivity contribution is 5.97. The van der Waals surface area contributed by atoms with Gasteiger partial charge >= 0.3 is 0 Å². The Bertz CT molecular complexity index is 1280. The molecule has 58 heavy (non-hydrogen) atoms. The van der Waals surface area contributed by atoms with E-state index in [0.717, 1.165) is 52.1 Å². The van der Waals surface area contributed by atoms with E-state index in [1.165, 1.54) is 0 Å². The number of carbonyl (C=O) groups excluding carboxylic acids is 3. The average molecular weight is 888 g/mol. The molecular formula is C40H73Cl3N6O9. The highest BCUT2D eigenvalue weighted by Crippen LogP contribution is 2.27. The SMILES string of the molecule is COCCCCOc1cc(OCC(=O)NCCN2CCOCC2)ccc1C(=O)NCC(CC(N)C(O)CC(C(=O)NCCN1CCOCC1)C(C)C)C(C)C.Cl.Cl.Cl. The van der Waals surface area contributed by atoms with Crippen LogP contribution in [0.4, 0.5) is 0 Å². The number of morpholine rings is 2. The number of benzene rings is 1. The van der Waals surface area contributed by atoms with Crippen molar-refractivity contribution in [3.05, 3.63) is 23.8 Å². The summed E-state index contributed by atoms with van der Waals surface area (Å²) in [5.74, 6) is -0.0627. The largest absolute Gasteiger partial charge is 0.493 e. The summed E-state index contributed by atoms with van der Waals surface area (Å²) in [5.41, 5.74) is 6.92. The lowest BCUT2D eigenvalue weighted by Gasteiger charge is -2.30. The smallest absolute Gasteiger partial charge is 0.257 e. The summed E-state index contributed by atoms with van der Waals surface area (Å²) in [5, 5.41) is 20.2. The monoisotopic (exact) mass is 886 g/mol. The van der Waals surface area contributed by atoms with E-state index in [0.29, 0.717) is 82.8 Å². The van der Waals surface area contributed by atoms with Crippen LogP contribution in [0.1, 0.15) is 63.7 Å². The topological polar surface area (TPSA) is 186 Å². The fourth-order valence-electron chi connectivity index (χ4n) is 6.64. The van der Waals surface area contributed by atoms with Crippen molar-refractivity contribution in [3.8, 4) is 11.5 Å². The first-order valence-electron chi connectivity index (χ1n) is 20.2. The molecule has 18 heteroatoms. The molecule has 15 nitrogen and oxygen atoms in total. The number of nitrogens with zero attached hydrogens (tertiary/aromatic N) is 2. The van der Waals surface area contributed by atoms with Crippen molar-refractivity contribution in [2.24, 2.45) is 29.4 Å².